The van der Waals surface area contributed by atoms with Crippen LogP contribution in [0, 0.1) is 0 Å². The highest BCUT2D eigenvalue weighted by Gasteiger charge is 2.25. The molecule has 0 saturated heterocycles. The minimum atomic E-state index is -1.80. The number of hydrogen-bond donors (Lipinski definition) is 0. The highest BCUT2D eigenvalue weighted by molar-refractivity contribution is 5.72. The van der Waals surface area contributed by atoms with Crippen molar-refractivity contribution in [2.45, 2.75) is 32.1 Å². The number of benzene rings is 5. The predicted octanol–water partition coefficient (Wildman–Crippen LogP) is -10.8. The highest BCUT2D eigenvalue weighted by Crippen LogP contribution is 2.43. The van der Waals surface area contributed by atoms with Crippen LogP contribution < -0.4 is 98.4 Å². The third-order valence-electron chi connectivity index (χ3n) is 11.6. The summed E-state index contributed by atoms with van der Waals surface area (Å²) in [5, 5.41) is 119. The van der Waals surface area contributed by atoms with Crippen LogP contribution in [0.1, 0.15) is 55.6 Å². The summed E-state index contributed by atoms with van der Waals surface area (Å²) in [6.07, 6.45) is -2.90. The lowest BCUT2D eigenvalue weighted by molar-refractivity contribution is -0.308. The summed E-state index contributed by atoms with van der Waals surface area (Å²) in [7, 11) is 0. The first-order valence-corrected chi connectivity index (χ1v) is 24.4. The average Bonchev–Trinajstić information content (AvgIpc) is 2.85. The van der Waals surface area contributed by atoms with Crippen molar-refractivity contribution in [3.8, 4) is 57.5 Å². The molecule has 30 heteroatoms. The molecule has 10 aliphatic carbocycles. The Labute approximate surface area is 476 Å². The predicted molar refractivity (Wildman–Crippen MR) is 251 cm³/mol. The van der Waals surface area contributed by atoms with Crippen LogP contribution in [0.4, 0.5) is 0 Å². The zero-order chi connectivity index (χ0) is 62.1. The first-order chi connectivity index (χ1) is 40.3. The second kappa shape index (κ2) is 29.0. The Morgan fingerprint density at radius 2 is 0.282 bits per heavy atom. The lowest BCUT2D eigenvalue weighted by atomic mass is 9.94. The molecule has 0 spiro atoms. The van der Waals surface area contributed by atoms with Crippen LogP contribution >= 0.6 is 0 Å². The molecule has 10 aliphatic rings. The number of carboxylic acids is 10. The minimum Gasteiger partial charge on any atom is -0.546 e. The van der Waals surface area contributed by atoms with Crippen molar-refractivity contribution < 1.29 is 146 Å². The van der Waals surface area contributed by atoms with Crippen LogP contribution in [0.5, 0.6) is 57.5 Å². The first-order valence-electron chi connectivity index (χ1n) is 24.4. The maximum Gasteiger partial charge on any atom is 0.128 e. The number of aliphatic carboxylic acids is 10. The Bertz CT molecular complexity index is 2700. The molecule has 0 amide bonds. The van der Waals surface area contributed by atoms with Crippen molar-refractivity contribution in [3.05, 3.63) is 116 Å². The van der Waals surface area contributed by atoms with Crippen molar-refractivity contribution in [1.82, 2.24) is 0 Å². The molecule has 0 aromatic heterocycles. The molecular formula is C55H40O30-10. The van der Waals surface area contributed by atoms with Gasteiger partial charge in [0.2, 0.25) is 0 Å². The monoisotopic (exact) mass is 1180 g/mol. The molecule has 0 saturated carbocycles. The molecule has 0 heterocycles. The fourth-order valence-corrected chi connectivity index (χ4v) is 8.34. The molecule has 85 heavy (non-hydrogen) atoms. The molecule has 450 valence electrons. The van der Waals surface area contributed by atoms with Crippen molar-refractivity contribution >= 4 is 59.7 Å². The summed E-state index contributed by atoms with van der Waals surface area (Å²) in [4.78, 5) is 119. The maximum atomic E-state index is 11.9. The Balaban J connectivity index is 1.81. The van der Waals surface area contributed by atoms with Gasteiger partial charge < -0.3 is 146 Å². The second-order valence-corrected chi connectivity index (χ2v) is 17.8. The van der Waals surface area contributed by atoms with Gasteiger partial charge in [-0.25, -0.2) is 0 Å². The molecule has 0 unspecified atom stereocenters. The van der Waals surface area contributed by atoms with E-state index >= 15 is 0 Å². The quantitative estimate of drug-likeness (QED) is 0.0404. The van der Waals surface area contributed by atoms with Gasteiger partial charge in [-0.1, -0.05) is 0 Å². The summed E-state index contributed by atoms with van der Waals surface area (Å²) in [6.45, 7) is -11.9. The van der Waals surface area contributed by atoms with Gasteiger partial charge in [0.15, 0.2) is 0 Å². The third-order valence-corrected chi connectivity index (χ3v) is 11.6. The summed E-state index contributed by atoms with van der Waals surface area (Å²) < 4.78 is 56.3. The molecule has 5 aromatic rings. The van der Waals surface area contributed by atoms with E-state index in [-0.39, 0.29) is 113 Å². The Morgan fingerprint density at radius 3 is 0.353 bits per heavy atom. The number of carboxylic acid groups (broad SMARTS) is 10. The lowest BCUT2D eigenvalue weighted by Crippen LogP contribution is -2.30. The summed E-state index contributed by atoms with van der Waals surface area (Å²) in [5.41, 5.74) is -1.42. The van der Waals surface area contributed by atoms with Gasteiger partial charge in [0.05, 0.1) is 59.7 Å². The number of hydrogen-bond acceptors (Lipinski definition) is 30. The van der Waals surface area contributed by atoms with Gasteiger partial charge in [0.25, 0.3) is 0 Å². The van der Waals surface area contributed by atoms with E-state index in [1.165, 1.54) is 0 Å². The largest absolute Gasteiger partial charge is 0.546 e. The molecule has 5 aromatic carbocycles. The molecule has 0 N–H and O–H groups in total. The van der Waals surface area contributed by atoms with E-state index in [2.05, 4.69) is 0 Å². The third kappa shape index (κ3) is 18.9. The normalized spacial score (nSPS) is 11.5. The standard InChI is InChI=1S/C55H50O30/c56-46(57)16-76-36-8-28-2-30-10-42(82-22-52(68)69)32(12-40(30)80-20-50(64)65)4-34-14-45(85-25-55(74)75)35(15-44(34)84-24-54(72)73)5-33-13-41(81-21-51(66)67)31(11-43(33)83-23-53(70)71)3-29-9-37(77-17-47(58)59)27(7-39(29)79-19-49(62)63)1-26(36)6-38(28)78-18-48(60)61/h6-15H,1-5,16-25H2,(H,56,57)(H,58,59)(H,60,61)(H,62,63)(H,64,65)(H,66,67)(H,68,69)(H,70,71)(H,72,73)(H,74,75)/p-10. The van der Waals surface area contributed by atoms with Crippen LogP contribution in [-0.4, -0.2) is 126 Å². The molecular weight excluding hydrogens is 1140 g/mol. The summed E-state index contributed by atoms with van der Waals surface area (Å²) >= 11 is 0. The first kappa shape index (κ1) is 63.0. The maximum absolute atomic E-state index is 11.9. The molecule has 15 rings (SSSR count). The smallest absolute Gasteiger partial charge is 0.128 e. The molecule has 0 fully saturated rings. The van der Waals surface area contributed by atoms with Gasteiger partial charge in [-0.2, -0.15) is 0 Å². The Kier molecular flexibility index (Phi) is 21.5. The Morgan fingerprint density at radius 1 is 0.200 bits per heavy atom. The SMILES string of the molecule is O=C([O-])COc1cc2c(OCC(=O)[O-])cc1Cc1cc(OCC(=O)[O-])c(cc1OCC(=O)[O-])Cc1cc(OCC(=O)[O-])c(cc1OCC(=O)[O-])Cc1cc(OCC(=O)[O-])c(cc1OCC(=O)[O-])Cc1cc(OCC(=O)[O-])c(cc1OCC(=O)[O-])C2. The van der Waals surface area contributed by atoms with Gasteiger partial charge >= 0.3 is 0 Å². The second-order valence-electron chi connectivity index (χ2n) is 17.8. The van der Waals surface area contributed by atoms with Gasteiger partial charge in [-0.15, -0.1) is 0 Å². The zero-order valence-corrected chi connectivity index (χ0v) is 43.6. The zero-order valence-electron chi connectivity index (χ0n) is 43.6. The van der Waals surface area contributed by atoms with Crippen molar-refractivity contribution in [3.63, 3.8) is 0 Å². The van der Waals surface area contributed by atoms with Crippen molar-refractivity contribution in [2.24, 2.45) is 0 Å². The van der Waals surface area contributed by atoms with Crippen LogP contribution in [-0.2, 0) is 80.0 Å². The lowest BCUT2D eigenvalue weighted by Gasteiger charge is -2.22. The fraction of sp³-hybridized carbons (Fsp3) is 0.273. The number of carbonyl (C=O) groups is 10. The van der Waals surface area contributed by atoms with E-state index in [1.807, 2.05) is 0 Å². The topological polar surface area (TPSA) is 494 Å². The van der Waals surface area contributed by atoms with Crippen molar-refractivity contribution in [1.29, 1.82) is 0 Å². The van der Waals surface area contributed by atoms with Gasteiger partial charge in [-0.05, 0) is 60.7 Å². The van der Waals surface area contributed by atoms with Crippen LogP contribution in [0.15, 0.2) is 60.7 Å². The van der Waals surface area contributed by atoms with Crippen molar-refractivity contribution in [2.75, 3.05) is 66.1 Å². The Hall–Kier alpha value is -11.2. The van der Waals surface area contributed by atoms with E-state index in [4.69, 9.17) is 47.4 Å². The van der Waals surface area contributed by atoms with E-state index in [9.17, 15) is 99.0 Å². The van der Waals surface area contributed by atoms with Crippen LogP contribution in [0.25, 0.3) is 0 Å². The highest BCUT2D eigenvalue weighted by atomic mass is 16.5. The van der Waals surface area contributed by atoms with Gasteiger partial charge in [0, 0.05) is 87.7 Å². The van der Waals surface area contributed by atoms with E-state index in [0.29, 0.717) is 0 Å². The van der Waals surface area contributed by atoms with Crippen LogP contribution in [0.3, 0.4) is 0 Å². The number of rotatable bonds is 30. The number of carbonyl (C=O) groups excluding carboxylic acids is 10. The molecule has 30 nitrogen and oxygen atoms in total. The molecule has 0 atom stereocenters. The average molecular weight is 1180 g/mol. The molecule has 0 aliphatic heterocycles. The summed E-state index contributed by atoms with van der Waals surface area (Å²) in [6, 6.07) is 11.0. The summed E-state index contributed by atoms with van der Waals surface area (Å²) in [5.74, 6) is -21.8. The van der Waals surface area contributed by atoms with Gasteiger partial charge in [0.1, 0.15) is 124 Å². The van der Waals surface area contributed by atoms with E-state index in [1.54, 1.807) is 0 Å². The fourth-order valence-electron chi connectivity index (χ4n) is 8.34. The minimum absolute atomic E-state index is 0.142. The van der Waals surface area contributed by atoms with Gasteiger partial charge in [-0.3, -0.25) is 0 Å². The van der Waals surface area contributed by atoms with Crippen LogP contribution in [0.2, 0.25) is 0 Å². The van der Waals surface area contributed by atoms with E-state index < -0.39 is 158 Å². The number of ether oxygens (including phenoxy) is 10. The van der Waals surface area contributed by atoms with E-state index in [0.717, 1.165) is 60.7 Å². The molecule has 0 radical (unpaired) electrons. The molecule has 10 bridgehead atoms.